The Bertz CT molecular complexity index is 3110. The molecule has 0 saturated heterocycles. The molecule has 3 aliphatic carbocycles. The third-order valence-corrected chi connectivity index (χ3v) is 13.4. The van der Waals surface area contributed by atoms with Crippen LogP contribution >= 0.6 is 0 Å². The summed E-state index contributed by atoms with van der Waals surface area (Å²) in [6, 6.07) is 60.8. The molecule has 2 bridgehead atoms. The third-order valence-electron chi connectivity index (χ3n) is 13.4. The minimum absolute atomic E-state index is 0.0111. The summed E-state index contributed by atoms with van der Waals surface area (Å²) in [4.78, 5) is 72.5. The van der Waals surface area contributed by atoms with Crippen molar-refractivity contribution in [3.8, 4) is 0 Å². The van der Waals surface area contributed by atoms with Gasteiger partial charge in [0.15, 0.2) is 0 Å². The normalized spacial score (nSPS) is 16.7. The molecule has 70 heavy (non-hydrogen) atoms. The highest BCUT2D eigenvalue weighted by Gasteiger charge is 2.55. The first-order valence-corrected chi connectivity index (χ1v) is 23.4. The Labute approximate surface area is 405 Å². The third kappa shape index (κ3) is 9.57. The van der Waals surface area contributed by atoms with Crippen LogP contribution in [0.25, 0.3) is 10.8 Å². The molecule has 10 nitrogen and oxygen atoms in total. The first kappa shape index (κ1) is 45.2. The van der Waals surface area contributed by atoms with Crippen LogP contribution in [0.15, 0.2) is 200 Å². The summed E-state index contributed by atoms with van der Waals surface area (Å²) < 4.78 is 11.3. The van der Waals surface area contributed by atoms with Gasteiger partial charge in [0.1, 0.15) is 19.3 Å². The summed E-state index contributed by atoms with van der Waals surface area (Å²) in [7, 11) is 0. The Kier molecular flexibility index (Phi) is 13.1. The molecule has 10 heteroatoms. The number of carbonyl (C=O) groups excluding carboxylic acids is 5. The van der Waals surface area contributed by atoms with E-state index in [1.54, 1.807) is 0 Å². The molecule has 3 atom stereocenters. The fraction of sp³-hybridized carbons (Fsp3) is 0.150. The van der Waals surface area contributed by atoms with Gasteiger partial charge in [-0.25, -0.2) is 9.59 Å². The van der Waals surface area contributed by atoms with Crippen molar-refractivity contribution in [2.75, 3.05) is 5.32 Å². The van der Waals surface area contributed by atoms with Crippen LogP contribution in [-0.2, 0) is 50.0 Å². The van der Waals surface area contributed by atoms with Gasteiger partial charge >= 0.3 is 11.9 Å². The lowest BCUT2D eigenvalue weighted by Gasteiger charge is -2.49. The van der Waals surface area contributed by atoms with Crippen molar-refractivity contribution in [2.45, 2.75) is 44.1 Å². The van der Waals surface area contributed by atoms with Gasteiger partial charge in [-0.1, -0.05) is 182 Å². The summed E-state index contributed by atoms with van der Waals surface area (Å²) in [6.07, 6.45) is 0.0924. The number of amides is 3. The highest BCUT2D eigenvalue weighted by molar-refractivity contribution is 6.02. The maximum absolute atomic E-state index is 15.4. The number of hydrogen-bond donors (Lipinski definition) is 3. The smallest absolute Gasteiger partial charge is 0.338 e. The maximum atomic E-state index is 15.4. The van der Waals surface area contributed by atoms with E-state index in [9.17, 15) is 19.2 Å². The Morgan fingerprint density at radius 3 is 1.47 bits per heavy atom. The van der Waals surface area contributed by atoms with E-state index >= 15 is 4.79 Å². The van der Waals surface area contributed by atoms with Crippen molar-refractivity contribution < 1.29 is 33.4 Å². The number of benzene rings is 8. The van der Waals surface area contributed by atoms with Crippen LogP contribution in [0.3, 0.4) is 0 Å². The van der Waals surface area contributed by atoms with E-state index in [2.05, 4.69) is 16.0 Å². The van der Waals surface area contributed by atoms with E-state index < -0.39 is 53.5 Å². The second-order valence-corrected chi connectivity index (χ2v) is 17.8. The van der Waals surface area contributed by atoms with Crippen LogP contribution in [0, 0.1) is 11.8 Å². The number of fused-ring (bicyclic) bond motifs is 2. The van der Waals surface area contributed by atoms with Gasteiger partial charge in [-0.05, 0) is 73.5 Å². The van der Waals surface area contributed by atoms with Crippen molar-refractivity contribution in [1.82, 2.24) is 10.6 Å². The van der Waals surface area contributed by atoms with Crippen molar-refractivity contribution in [2.24, 2.45) is 11.8 Å². The average Bonchev–Trinajstić information content (AvgIpc) is 3.41. The van der Waals surface area contributed by atoms with Crippen LogP contribution in [0.4, 0.5) is 5.69 Å². The van der Waals surface area contributed by atoms with E-state index in [-0.39, 0.29) is 48.9 Å². The Balaban J connectivity index is 0.970. The maximum Gasteiger partial charge on any atom is 0.338 e. The molecule has 3 aliphatic rings. The number of carbonyl (C=O) groups is 5. The van der Waals surface area contributed by atoms with Crippen LogP contribution in [0.5, 0.6) is 0 Å². The molecule has 0 radical (unpaired) electrons. The van der Waals surface area contributed by atoms with Gasteiger partial charge in [-0.2, -0.15) is 0 Å². The number of ether oxygens (including phenoxy) is 2. The Morgan fingerprint density at radius 2 is 0.929 bits per heavy atom. The molecule has 8 aromatic carbocycles. The van der Waals surface area contributed by atoms with Gasteiger partial charge in [0, 0.05) is 30.5 Å². The fourth-order valence-corrected chi connectivity index (χ4v) is 10.2. The van der Waals surface area contributed by atoms with Crippen LogP contribution in [0.2, 0.25) is 0 Å². The average molecular weight is 924 g/mol. The molecule has 0 heterocycles. The monoisotopic (exact) mass is 923 g/mol. The van der Waals surface area contributed by atoms with Crippen molar-refractivity contribution in [3.05, 3.63) is 256 Å². The summed E-state index contributed by atoms with van der Waals surface area (Å²) in [5.41, 5.74) is 7.34. The molecule has 3 N–H and O–H groups in total. The van der Waals surface area contributed by atoms with Crippen LogP contribution in [0.1, 0.15) is 77.1 Å². The molecule has 0 fully saturated rings. The topological polar surface area (TPSA) is 140 Å². The molecular formula is C60H49N3O7. The Hall–Kier alpha value is -8.63. The lowest BCUT2D eigenvalue weighted by Crippen LogP contribution is -2.55. The molecule has 346 valence electrons. The standard InChI is InChI=1S/C60H49N3O7/c64-56(62-45-33-43(59(67)69-36-39-19-6-2-7-20-39)32-44(34-45)60(68)70-37-40-21-8-3-9-22-40)51(31-38-17-4-1-5-18-38)63-58(66)55-53-49-29-14-12-27-47(49)52(48-28-13-15-30-50(48)53)54(55)57(65)61-35-42-25-16-24-41-23-10-11-26-46(41)42/h1-30,32-34,51-55H,31,35-37H2,(H,61,65)(H,62,64)(H,63,66)/t51-,52?,53?,54+,55-/m0/s1. The van der Waals surface area contributed by atoms with Gasteiger partial charge in [0.25, 0.3) is 0 Å². The zero-order chi connectivity index (χ0) is 48.0. The number of nitrogens with one attached hydrogen (secondary N) is 3. The lowest BCUT2D eigenvalue weighted by atomic mass is 9.53. The van der Waals surface area contributed by atoms with E-state index in [1.165, 1.54) is 18.2 Å². The first-order chi connectivity index (χ1) is 34.3. The predicted molar refractivity (Wildman–Crippen MR) is 268 cm³/mol. The van der Waals surface area contributed by atoms with Gasteiger partial charge in [0.2, 0.25) is 17.7 Å². The second-order valence-electron chi connectivity index (χ2n) is 17.8. The molecule has 0 spiro atoms. The highest BCUT2D eigenvalue weighted by Crippen LogP contribution is 2.58. The predicted octanol–water partition coefficient (Wildman–Crippen LogP) is 10.1. The number of rotatable bonds is 15. The largest absolute Gasteiger partial charge is 0.457 e. The van der Waals surface area contributed by atoms with E-state index in [1.807, 2.05) is 182 Å². The van der Waals surface area contributed by atoms with E-state index in [0.29, 0.717) is 0 Å². The summed E-state index contributed by atoms with van der Waals surface area (Å²) in [5, 5.41) is 11.4. The second kappa shape index (κ2) is 20.3. The molecule has 0 unspecified atom stereocenters. The van der Waals surface area contributed by atoms with Gasteiger partial charge in [0.05, 0.1) is 23.0 Å². The summed E-state index contributed by atoms with van der Waals surface area (Å²) >= 11 is 0. The quantitative estimate of drug-likeness (QED) is 0.0870. The molecule has 8 aromatic rings. The number of anilines is 1. The minimum atomic E-state index is -1.16. The van der Waals surface area contributed by atoms with Gasteiger partial charge < -0.3 is 25.4 Å². The Morgan fingerprint density at radius 1 is 0.471 bits per heavy atom. The van der Waals surface area contributed by atoms with Crippen molar-refractivity contribution in [3.63, 3.8) is 0 Å². The zero-order valence-corrected chi connectivity index (χ0v) is 38.1. The van der Waals surface area contributed by atoms with Gasteiger partial charge in [-0.3, -0.25) is 14.4 Å². The van der Waals surface area contributed by atoms with Gasteiger partial charge in [-0.15, -0.1) is 0 Å². The summed E-state index contributed by atoms with van der Waals surface area (Å²) in [5.74, 6) is -5.42. The molecular weight excluding hydrogens is 875 g/mol. The van der Waals surface area contributed by atoms with E-state index in [0.717, 1.165) is 55.3 Å². The molecule has 0 aliphatic heterocycles. The van der Waals surface area contributed by atoms with Crippen molar-refractivity contribution in [1.29, 1.82) is 0 Å². The molecule has 0 aromatic heterocycles. The first-order valence-electron chi connectivity index (χ1n) is 23.4. The molecule has 11 rings (SSSR count). The van der Waals surface area contributed by atoms with Crippen LogP contribution in [-0.4, -0.2) is 35.7 Å². The molecule has 3 amide bonds. The van der Waals surface area contributed by atoms with E-state index in [4.69, 9.17) is 9.47 Å². The summed E-state index contributed by atoms with van der Waals surface area (Å²) in [6.45, 7) is 0.218. The van der Waals surface area contributed by atoms with Crippen molar-refractivity contribution >= 4 is 46.1 Å². The number of esters is 2. The lowest BCUT2D eigenvalue weighted by molar-refractivity contribution is -0.138. The fourth-order valence-electron chi connectivity index (χ4n) is 10.2. The van der Waals surface area contributed by atoms with Crippen LogP contribution < -0.4 is 16.0 Å². The minimum Gasteiger partial charge on any atom is -0.457 e. The zero-order valence-electron chi connectivity index (χ0n) is 38.1. The number of hydrogen-bond acceptors (Lipinski definition) is 7. The molecule has 0 saturated carbocycles. The highest BCUT2D eigenvalue weighted by atomic mass is 16.5. The SMILES string of the molecule is O=C(OCc1ccccc1)c1cc(NC(=O)[C@H](Cc2ccccc2)NC(=O)[C@H]2C3c4ccccc4C(c4ccccc43)[C@H]2C(=O)NCc2cccc3ccccc23)cc(C(=O)OCc2ccccc2)c1.